The van der Waals surface area contributed by atoms with Crippen LogP contribution in [0.2, 0.25) is 0 Å². The molecule has 0 heterocycles. The van der Waals surface area contributed by atoms with Crippen LogP contribution in [0.4, 0.5) is 0 Å². The fraction of sp³-hybridized carbons (Fsp3) is 0.727. The molecule has 2 nitrogen and oxygen atoms in total. The third kappa shape index (κ3) is 6.45. The lowest BCUT2D eigenvalue weighted by Crippen LogP contribution is -3.00. The molecule has 1 rings (SSSR count). The van der Waals surface area contributed by atoms with Crippen molar-refractivity contribution in [2.45, 2.75) is 38.1 Å². The van der Waals surface area contributed by atoms with E-state index in [-0.39, 0.29) is 24.0 Å². The Morgan fingerprint density at radius 3 is 2.67 bits per heavy atom. The average molecular weight is 340 g/mol. The van der Waals surface area contributed by atoms with Gasteiger partial charge >= 0.3 is 5.17 Å². The summed E-state index contributed by atoms with van der Waals surface area (Å²) in [6.45, 7) is 4.54. The van der Waals surface area contributed by atoms with Crippen molar-refractivity contribution in [3.8, 4) is 0 Å². The molecule has 0 saturated heterocycles. The van der Waals surface area contributed by atoms with Gasteiger partial charge in [-0.2, -0.15) is 0 Å². The zero-order valence-corrected chi connectivity index (χ0v) is 12.4. The Hall–Kier alpha value is 0.290. The summed E-state index contributed by atoms with van der Waals surface area (Å²) < 4.78 is 0. The third-order valence-electron chi connectivity index (χ3n) is 2.55. The Bertz CT molecular complexity index is 201. The molecule has 1 aliphatic carbocycles. The normalized spacial score (nSPS) is 18.1. The van der Waals surface area contributed by atoms with Crippen LogP contribution in [0.3, 0.4) is 0 Å². The second-order valence-corrected chi connectivity index (χ2v) is 4.50. The first kappa shape index (κ1) is 15.3. The van der Waals surface area contributed by atoms with E-state index in [9.17, 15) is 0 Å². The van der Waals surface area contributed by atoms with Crippen LogP contribution in [0.1, 0.15) is 32.1 Å². The number of amidine groups is 1. The summed E-state index contributed by atoms with van der Waals surface area (Å²) in [5, 5.41) is 4.75. The number of nitrogens with one attached hydrogen (secondary N) is 2. The first-order chi connectivity index (χ1) is 6.86. The largest absolute Gasteiger partial charge is 1.00 e. The van der Waals surface area contributed by atoms with Gasteiger partial charge in [-0.25, -0.2) is 0 Å². The van der Waals surface area contributed by atoms with Gasteiger partial charge in [0.1, 0.15) is 6.54 Å². The molecule has 0 aromatic rings. The zero-order chi connectivity index (χ0) is 10.2. The molecule has 0 unspecified atom stereocenters. The van der Waals surface area contributed by atoms with E-state index in [1.165, 1.54) is 37.3 Å². The molecule has 0 aromatic carbocycles. The average Bonchev–Trinajstić information content (AvgIpc) is 2.25. The molecule has 88 valence electrons. The van der Waals surface area contributed by atoms with Crippen molar-refractivity contribution in [2.75, 3.05) is 12.8 Å². The van der Waals surface area contributed by atoms with Gasteiger partial charge in [-0.05, 0) is 43.7 Å². The van der Waals surface area contributed by atoms with Gasteiger partial charge in [-0.3, -0.25) is 10.3 Å². The van der Waals surface area contributed by atoms with Crippen LogP contribution in [0.15, 0.2) is 12.7 Å². The van der Waals surface area contributed by atoms with Gasteiger partial charge in [0.2, 0.25) is 0 Å². The monoisotopic (exact) mass is 340 g/mol. The Morgan fingerprint density at radius 1 is 1.47 bits per heavy atom. The van der Waals surface area contributed by atoms with Crippen LogP contribution in [0.25, 0.3) is 0 Å². The molecular weight excluding hydrogens is 319 g/mol. The molecule has 0 aromatic heterocycles. The van der Waals surface area contributed by atoms with Gasteiger partial charge in [-0.15, -0.1) is 0 Å². The van der Waals surface area contributed by atoms with E-state index in [0.29, 0.717) is 6.04 Å². The summed E-state index contributed by atoms with van der Waals surface area (Å²) >= 11 is 1.75. The predicted molar refractivity (Wildman–Crippen MR) is 64.6 cm³/mol. The molecule has 2 N–H and O–H groups in total. The van der Waals surface area contributed by atoms with Gasteiger partial charge in [0.05, 0.1) is 6.04 Å². The maximum atomic E-state index is 3.70. The molecule has 0 atom stereocenters. The second kappa shape index (κ2) is 9.51. The highest BCUT2D eigenvalue weighted by atomic mass is 127. The number of halogens is 1. The Morgan fingerprint density at radius 2 is 2.13 bits per heavy atom. The molecule has 0 bridgehead atoms. The summed E-state index contributed by atoms with van der Waals surface area (Å²) in [5.41, 5.74) is 0. The first-order valence-corrected chi connectivity index (χ1v) is 6.61. The molecule has 1 saturated carbocycles. The summed E-state index contributed by atoms with van der Waals surface area (Å²) in [6.07, 6.45) is 10.8. The van der Waals surface area contributed by atoms with Crippen molar-refractivity contribution >= 4 is 16.9 Å². The second-order valence-electron chi connectivity index (χ2n) is 3.68. The topological polar surface area (TPSA) is 26.0 Å². The SMILES string of the molecule is C=CC[NH+]=C(NC1CCCCC1)SC.[I-]. The lowest BCUT2D eigenvalue weighted by Gasteiger charge is -2.19. The van der Waals surface area contributed by atoms with Crippen LogP contribution in [-0.4, -0.2) is 24.0 Å². The Balaban J connectivity index is 0.00000196. The standard InChI is InChI=1S/C11H20N2S.HI/c1-3-9-12-11(14-2)13-10-7-5-4-6-8-10;/h3,10H,1,4-9H2,2H3,(H,12,13);1H. The highest BCUT2D eigenvalue weighted by Gasteiger charge is 2.18. The van der Waals surface area contributed by atoms with E-state index in [1.54, 1.807) is 11.8 Å². The highest BCUT2D eigenvalue weighted by Crippen LogP contribution is 2.17. The van der Waals surface area contributed by atoms with E-state index in [1.807, 2.05) is 6.08 Å². The minimum Gasteiger partial charge on any atom is -1.00 e. The zero-order valence-electron chi connectivity index (χ0n) is 9.39. The van der Waals surface area contributed by atoms with Gasteiger partial charge in [0, 0.05) is 0 Å². The number of rotatable bonds is 3. The fourth-order valence-electron chi connectivity index (χ4n) is 1.78. The predicted octanol–water partition coefficient (Wildman–Crippen LogP) is -2.10. The molecule has 4 heteroatoms. The quantitative estimate of drug-likeness (QED) is 0.266. The van der Waals surface area contributed by atoms with Crippen molar-refractivity contribution in [3.63, 3.8) is 0 Å². The molecule has 15 heavy (non-hydrogen) atoms. The van der Waals surface area contributed by atoms with Crippen molar-refractivity contribution < 1.29 is 29.0 Å². The summed E-state index contributed by atoms with van der Waals surface area (Å²) in [5.74, 6) is 0. The highest BCUT2D eigenvalue weighted by molar-refractivity contribution is 8.12. The van der Waals surface area contributed by atoms with Gasteiger partial charge in [0.25, 0.3) is 0 Å². The lowest BCUT2D eigenvalue weighted by molar-refractivity contribution is -0.443. The summed E-state index contributed by atoms with van der Waals surface area (Å²) in [4.78, 5) is 3.32. The molecule has 1 fully saturated rings. The minimum absolute atomic E-state index is 0. The van der Waals surface area contributed by atoms with Crippen molar-refractivity contribution in [1.29, 1.82) is 0 Å². The van der Waals surface area contributed by atoms with Crippen LogP contribution in [-0.2, 0) is 0 Å². The van der Waals surface area contributed by atoms with E-state index in [0.717, 1.165) is 6.54 Å². The van der Waals surface area contributed by atoms with Crippen molar-refractivity contribution in [2.24, 2.45) is 0 Å². The third-order valence-corrected chi connectivity index (χ3v) is 3.22. The van der Waals surface area contributed by atoms with Crippen LogP contribution >= 0.6 is 11.8 Å². The van der Waals surface area contributed by atoms with E-state index < -0.39 is 0 Å². The van der Waals surface area contributed by atoms with Gasteiger partial charge < -0.3 is 24.0 Å². The smallest absolute Gasteiger partial charge is 0.304 e. The summed E-state index contributed by atoms with van der Waals surface area (Å²) in [6, 6.07) is 0.684. The molecule has 0 radical (unpaired) electrons. The van der Waals surface area contributed by atoms with Crippen LogP contribution < -0.4 is 34.3 Å². The van der Waals surface area contributed by atoms with E-state index >= 15 is 0 Å². The van der Waals surface area contributed by atoms with Crippen LogP contribution in [0.5, 0.6) is 0 Å². The molecule has 0 aliphatic heterocycles. The van der Waals surface area contributed by atoms with Gasteiger partial charge in [0.15, 0.2) is 0 Å². The van der Waals surface area contributed by atoms with Crippen molar-refractivity contribution in [3.05, 3.63) is 12.7 Å². The fourth-order valence-corrected chi connectivity index (χ4v) is 2.29. The maximum Gasteiger partial charge on any atom is 0.304 e. The Labute approximate surface area is 114 Å². The number of thioether (sulfide) groups is 1. The lowest BCUT2D eigenvalue weighted by atomic mass is 9.96. The van der Waals surface area contributed by atoms with Crippen molar-refractivity contribution in [1.82, 2.24) is 5.32 Å². The number of hydrogen-bond donors (Lipinski definition) is 2. The Kier molecular flexibility index (Phi) is 9.70. The molecule has 1 aliphatic rings. The molecule has 0 spiro atoms. The van der Waals surface area contributed by atoms with Gasteiger partial charge in [-0.1, -0.05) is 19.1 Å². The van der Waals surface area contributed by atoms with E-state index in [4.69, 9.17) is 0 Å². The molecular formula is C11H21IN2S. The first-order valence-electron chi connectivity index (χ1n) is 5.39. The van der Waals surface area contributed by atoms with Crippen LogP contribution in [0, 0.1) is 0 Å². The number of hydrogen-bond acceptors (Lipinski definition) is 1. The molecule has 0 amide bonds. The van der Waals surface area contributed by atoms with E-state index in [2.05, 4.69) is 23.1 Å². The summed E-state index contributed by atoms with van der Waals surface area (Å²) in [7, 11) is 0. The maximum absolute atomic E-state index is 3.70. The minimum atomic E-state index is 0.